The number of aromatic nitrogens is 1. The Bertz CT molecular complexity index is 509. The Labute approximate surface area is 94.9 Å². The minimum Gasteiger partial charge on any atom is -0.457 e. The zero-order valence-electron chi connectivity index (χ0n) is 9.32. The highest BCUT2D eigenvalue weighted by Gasteiger charge is 2.00. The lowest BCUT2D eigenvalue weighted by Crippen LogP contribution is -1.87. The standard InChI is InChI=1S/C13H13N2O/c1-9-7-11(3-4-13(9)14)16-12-5-6-15-10(2)8-12/h3-8,14H,1-2H3. The molecule has 1 N–H and O–H groups in total. The van der Waals surface area contributed by atoms with Gasteiger partial charge in [-0.3, -0.25) is 4.98 Å². The van der Waals surface area contributed by atoms with Crippen LogP contribution in [0.25, 0.3) is 0 Å². The lowest BCUT2D eigenvalue weighted by molar-refractivity contribution is 0.481. The molecule has 0 aliphatic carbocycles. The van der Waals surface area contributed by atoms with Crippen LogP contribution in [0.2, 0.25) is 0 Å². The predicted molar refractivity (Wildman–Crippen MR) is 63.0 cm³/mol. The number of benzene rings is 1. The number of ether oxygens (including phenoxy) is 1. The van der Waals surface area contributed by atoms with Gasteiger partial charge in [0.25, 0.3) is 0 Å². The maximum atomic E-state index is 7.56. The van der Waals surface area contributed by atoms with Gasteiger partial charge in [-0.15, -0.1) is 0 Å². The normalized spacial score (nSPS) is 10.1. The van der Waals surface area contributed by atoms with Crippen molar-refractivity contribution in [3.8, 4) is 11.5 Å². The zero-order chi connectivity index (χ0) is 11.5. The Kier molecular flexibility index (Phi) is 2.77. The van der Waals surface area contributed by atoms with Crippen LogP contribution in [0.4, 0.5) is 5.69 Å². The average Bonchev–Trinajstić information content (AvgIpc) is 2.24. The molecule has 0 saturated heterocycles. The van der Waals surface area contributed by atoms with Crippen molar-refractivity contribution >= 4 is 5.69 Å². The van der Waals surface area contributed by atoms with Gasteiger partial charge in [0.2, 0.25) is 0 Å². The summed E-state index contributed by atoms with van der Waals surface area (Å²) in [5.41, 5.74) is 9.92. The van der Waals surface area contributed by atoms with E-state index < -0.39 is 0 Å². The molecule has 3 nitrogen and oxygen atoms in total. The molecule has 0 aliphatic rings. The van der Waals surface area contributed by atoms with E-state index in [1.807, 2.05) is 32.0 Å². The number of hydrogen-bond donors (Lipinski definition) is 0. The number of rotatable bonds is 2. The van der Waals surface area contributed by atoms with E-state index in [2.05, 4.69) is 4.98 Å². The van der Waals surface area contributed by atoms with E-state index in [0.29, 0.717) is 5.69 Å². The van der Waals surface area contributed by atoms with Crippen molar-refractivity contribution in [2.45, 2.75) is 13.8 Å². The molecular formula is C13H13N2O. The SMILES string of the molecule is Cc1cc(Oc2ccc([NH])c(C)c2)ccn1. The maximum Gasteiger partial charge on any atom is 0.130 e. The van der Waals surface area contributed by atoms with Gasteiger partial charge in [-0.05, 0) is 43.7 Å². The van der Waals surface area contributed by atoms with E-state index in [9.17, 15) is 0 Å². The second-order valence-electron chi connectivity index (χ2n) is 3.71. The number of nitrogens with zero attached hydrogens (tertiary/aromatic N) is 1. The summed E-state index contributed by atoms with van der Waals surface area (Å²) in [7, 11) is 0. The van der Waals surface area contributed by atoms with Gasteiger partial charge < -0.3 is 10.5 Å². The van der Waals surface area contributed by atoms with Crippen molar-refractivity contribution in [3.63, 3.8) is 0 Å². The highest BCUT2D eigenvalue weighted by Crippen LogP contribution is 2.25. The molecular weight excluding hydrogens is 200 g/mol. The molecule has 0 bridgehead atoms. The molecule has 0 amide bonds. The second kappa shape index (κ2) is 4.23. The van der Waals surface area contributed by atoms with Crippen molar-refractivity contribution in [2.75, 3.05) is 0 Å². The fourth-order valence-electron chi connectivity index (χ4n) is 1.42. The van der Waals surface area contributed by atoms with E-state index in [0.717, 1.165) is 22.8 Å². The second-order valence-corrected chi connectivity index (χ2v) is 3.71. The summed E-state index contributed by atoms with van der Waals surface area (Å²) in [6.45, 7) is 3.82. The first-order valence-corrected chi connectivity index (χ1v) is 5.08. The quantitative estimate of drug-likeness (QED) is 0.767. The monoisotopic (exact) mass is 213 g/mol. The molecule has 81 valence electrons. The molecule has 2 rings (SSSR count). The van der Waals surface area contributed by atoms with Gasteiger partial charge in [-0.2, -0.15) is 0 Å². The molecule has 1 radical (unpaired) electrons. The minimum absolute atomic E-state index is 0.526. The highest BCUT2D eigenvalue weighted by molar-refractivity contribution is 5.47. The number of hydrogen-bond acceptors (Lipinski definition) is 2. The Morgan fingerprint density at radius 1 is 1.06 bits per heavy atom. The summed E-state index contributed by atoms with van der Waals surface area (Å²) < 4.78 is 5.67. The summed E-state index contributed by atoms with van der Waals surface area (Å²) in [4.78, 5) is 4.10. The van der Waals surface area contributed by atoms with E-state index in [4.69, 9.17) is 10.5 Å². The molecule has 0 unspecified atom stereocenters. The fourth-order valence-corrected chi connectivity index (χ4v) is 1.42. The third-order valence-corrected chi connectivity index (χ3v) is 2.30. The van der Waals surface area contributed by atoms with Crippen molar-refractivity contribution in [2.24, 2.45) is 0 Å². The molecule has 3 heteroatoms. The Balaban J connectivity index is 2.24. The lowest BCUT2D eigenvalue weighted by atomic mass is 10.2. The molecule has 0 saturated carbocycles. The van der Waals surface area contributed by atoms with Crippen LogP contribution in [-0.4, -0.2) is 4.98 Å². The first-order valence-electron chi connectivity index (χ1n) is 5.08. The summed E-state index contributed by atoms with van der Waals surface area (Å²) >= 11 is 0. The molecule has 0 aliphatic heterocycles. The molecule has 0 fully saturated rings. The average molecular weight is 213 g/mol. The largest absolute Gasteiger partial charge is 0.457 e. The topological polar surface area (TPSA) is 45.9 Å². The van der Waals surface area contributed by atoms with Gasteiger partial charge >= 0.3 is 0 Å². The zero-order valence-corrected chi connectivity index (χ0v) is 9.32. The molecule has 0 spiro atoms. The van der Waals surface area contributed by atoms with Crippen LogP contribution in [0.3, 0.4) is 0 Å². The van der Waals surface area contributed by atoms with Gasteiger partial charge in [0.1, 0.15) is 11.5 Å². The summed E-state index contributed by atoms with van der Waals surface area (Å²) in [6, 6.07) is 9.09. The van der Waals surface area contributed by atoms with E-state index in [1.165, 1.54) is 0 Å². The van der Waals surface area contributed by atoms with Crippen molar-refractivity contribution < 1.29 is 4.74 Å². The van der Waals surface area contributed by atoms with E-state index in [1.54, 1.807) is 18.3 Å². The van der Waals surface area contributed by atoms with Gasteiger partial charge in [-0.1, -0.05) is 0 Å². The van der Waals surface area contributed by atoms with Crippen LogP contribution < -0.4 is 10.5 Å². The van der Waals surface area contributed by atoms with Gasteiger partial charge in [0.15, 0.2) is 0 Å². The first kappa shape index (κ1) is 10.5. The smallest absolute Gasteiger partial charge is 0.130 e. The van der Waals surface area contributed by atoms with Gasteiger partial charge in [-0.25, -0.2) is 0 Å². The minimum atomic E-state index is 0.526. The molecule has 2 aromatic rings. The molecule has 1 aromatic carbocycles. The van der Waals surface area contributed by atoms with Gasteiger partial charge in [0, 0.05) is 18.0 Å². The lowest BCUT2D eigenvalue weighted by Gasteiger charge is -2.07. The molecule has 16 heavy (non-hydrogen) atoms. The van der Waals surface area contributed by atoms with Crippen LogP contribution in [0, 0.1) is 13.8 Å². The summed E-state index contributed by atoms with van der Waals surface area (Å²) in [5.74, 6) is 1.52. The number of nitrogens with one attached hydrogen (secondary N) is 1. The van der Waals surface area contributed by atoms with E-state index >= 15 is 0 Å². The molecule has 0 atom stereocenters. The van der Waals surface area contributed by atoms with Crippen LogP contribution in [0.5, 0.6) is 11.5 Å². The number of aryl methyl sites for hydroxylation is 2. The Morgan fingerprint density at radius 3 is 2.50 bits per heavy atom. The highest BCUT2D eigenvalue weighted by atomic mass is 16.5. The summed E-state index contributed by atoms with van der Waals surface area (Å²) in [5, 5.41) is 0. The van der Waals surface area contributed by atoms with Crippen molar-refractivity contribution in [1.82, 2.24) is 10.7 Å². The van der Waals surface area contributed by atoms with Crippen LogP contribution in [0.1, 0.15) is 11.3 Å². The predicted octanol–water partition coefficient (Wildman–Crippen LogP) is 3.41. The van der Waals surface area contributed by atoms with Crippen LogP contribution in [-0.2, 0) is 0 Å². The van der Waals surface area contributed by atoms with Crippen LogP contribution in [0.15, 0.2) is 36.5 Å². The number of pyridine rings is 1. The Hall–Kier alpha value is -2.03. The fraction of sp³-hybridized carbons (Fsp3) is 0.154. The summed E-state index contributed by atoms with van der Waals surface area (Å²) in [6.07, 6.45) is 1.72. The third-order valence-electron chi connectivity index (χ3n) is 2.30. The van der Waals surface area contributed by atoms with Crippen molar-refractivity contribution in [1.29, 1.82) is 0 Å². The third kappa shape index (κ3) is 2.31. The Morgan fingerprint density at radius 2 is 1.81 bits per heavy atom. The van der Waals surface area contributed by atoms with Gasteiger partial charge in [0.05, 0.1) is 5.69 Å². The van der Waals surface area contributed by atoms with E-state index in [-0.39, 0.29) is 0 Å². The van der Waals surface area contributed by atoms with Crippen LogP contribution >= 0.6 is 0 Å². The van der Waals surface area contributed by atoms with Crippen molar-refractivity contribution in [3.05, 3.63) is 47.8 Å². The molecule has 1 aromatic heterocycles. The first-order chi connectivity index (χ1) is 7.65. The maximum absolute atomic E-state index is 7.56. The molecule has 1 heterocycles.